The fraction of sp³-hybridized carbons (Fsp3) is 0.316. The molecule has 1 aliphatic carbocycles. The normalized spacial score (nSPS) is 14.3. The average Bonchev–Trinajstić information content (AvgIpc) is 3.08. The summed E-state index contributed by atoms with van der Waals surface area (Å²) in [5.41, 5.74) is 4.09. The van der Waals surface area contributed by atoms with Crippen molar-refractivity contribution in [1.82, 2.24) is 10.2 Å². The Balaban J connectivity index is 1.56. The zero-order chi connectivity index (χ0) is 32.5. The van der Waals surface area contributed by atoms with Crippen LogP contribution in [0.25, 0.3) is 0 Å². The van der Waals surface area contributed by atoms with Crippen LogP contribution in [0.15, 0.2) is 114 Å². The average molecular weight is 638 g/mol. The monoisotopic (exact) mass is 637 g/mol. The van der Waals surface area contributed by atoms with Crippen LogP contribution < -0.4 is 9.62 Å². The summed E-state index contributed by atoms with van der Waals surface area (Å²) in [6, 6.07) is 31.9. The molecule has 1 aliphatic rings. The molecule has 5 rings (SSSR count). The van der Waals surface area contributed by atoms with E-state index in [2.05, 4.69) is 5.32 Å². The summed E-state index contributed by atoms with van der Waals surface area (Å²) in [7, 11) is -4.13. The lowest BCUT2D eigenvalue weighted by molar-refractivity contribution is -0.140. The lowest BCUT2D eigenvalue weighted by Gasteiger charge is -2.35. The minimum absolute atomic E-state index is 0.0543. The van der Waals surface area contributed by atoms with Crippen LogP contribution in [0.4, 0.5) is 5.69 Å². The topological polar surface area (TPSA) is 86.8 Å². The predicted octanol–water partition coefficient (Wildman–Crippen LogP) is 6.59. The molecule has 4 aromatic carbocycles. The van der Waals surface area contributed by atoms with E-state index in [0.29, 0.717) is 12.1 Å². The number of nitrogens with zero attached hydrogens (tertiary/aromatic N) is 2. The zero-order valence-electron chi connectivity index (χ0n) is 26.6. The summed E-state index contributed by atoms with van der Waals surface area (Å²) < 4.78 is 29.5. The van der Waals surface area contributed by atoms with Gasteiger partial charge in [-0.15, -0.1) is 0 Å². The smallest absolute Gasteiger partial charge is 0.264 e. The summed E-state index contributed by atoms with van der Waals surface area (Å²) in [5, 5.41) is 3.25. The number of aryl methyl sites for hydroxylation is 2. The molecule has 0 bridgehead atoms. The molecule has 1 saturated carbocycles. The molecule has 0 saturated heterocycles. The fourth-order valence-corrected chi connectivity index (χ4v) is 7.43. The largest absolute Gasteiger partial charge is 0.352 e. The lowest BCUT2D eigenvalue weighted by Crippen LogP contribution is -2.55. The van der Waals surface area contributed by atoms with E-state index < -0.39 is 28.5 Å². The minimum Gasteiger partial charge on any atom is -0.352 e. The van der Waals surface area contributed by atoms with E-state index in [1.54, 1.807) is 35.2 Å². The molecular weight excluding hydrogens is 595 g/mol. The Bertz CT molecular complexity index is 1710. The molecule has 8 heteroatoms. The third kappa shape index (κ3) is 8.23. The Kier molecular flexibility index (Phi) is 10.9. The number of hydrogen-bond donors (Lipinski definition) is 1. The second-order valence-electron chi connectivity index (χ2n) is 12.1. The van der Waals surface area contributed by atoms with Crippen LogP contribution in [0.2, 0.25) is 0 Å². The van der Waals surface area contributed by atoms with Crippen LogP contribution in [0.5, 0.6) is 0 Å². The third-order valence-electron chi connectivity index (χ3n) is 8.81. The Morgan fingerprint density at radius 2 is 1.35 bits per heavy atom. The van der Waals surface area contributed by atoms with Crippen LogP contribution in [-0.2, 0) is 32.6 Å². The minimum atomic E-state index is -4.13. The molecule has 1 atom stereocenters. The van der Waals surface area contributed by atoms with Crippen molar-refractivity contribution in [2.24, 2.45) is 0 Å². The zero-order valence-corrected chi connectivity index (χ0v) is 27.5. The van der Waals surface area contributed by atoms with Crippen molar-refractivity contribution in [3.8, 4) is 0 Å². The first kappa shape index (κ1) is 32.9. The van der Waals surface area contributed by atoms with Crippen molar-refractivity contribution in [1.29, 1.82) is 0 Å². The molecule has 7 nitrogen and oxygen atoms in total. The number of amides is 2. The fourth-order valence-electron chi connectivity index (χ4n) is 6.01. The second-order valence-corrected chi connectivity index (χ2v) is 14.0. The van der Waals surface area contributed by atoms with Gasteiger partial charge >= 0.3 is 0 Å². The summed E-state index contributed by atoms with van der Waals surface area (Å²) in [4.78, 5) is 30.5. The van der Waals surface area contributed by atoms with Gasteiger partial charge in [-0.3, -0.25) is 13.9 Å². The Hall–Kier alpha value is -4.43. The van der Waals surface area contributed by atoms with E-state index in [1.165, 1.54) is 16.4 Å². The van der Waals surface area contributed by atoms with Gasteiger partial charge in [0, 0.05) is 19.0 Å². The van der Waals surface area contributed by atoms with Crippen molar-refractivity contribution in [3.63, 3.8) is 0 Å². The lowest BCUT2D eigenvalue weighted by atomic mass is 9.94. The van der Waals surface area contributed by atoms with E-state index in [4.69, 9.17) is 0 Å². The summed E-state index contributed by atoms with van der Waals surface area (Å²) in [6.45, 7) is 3.57. The number of sulfonamides is 1. The van der Waals surface area contributed by atoms with Crippen LogP contribution in [0.1, 0.15) is 54.4 Å². The predicted molar refractivity (Wildman–Crippen MR) is 183 cm³/mol. The van der Waals surface area contributed by atoms with E-state index in [-0.39, 0.29) is 23.4 Å². The molecule has 1 fully saturated rings. The maximum Gasteiger partial charge on any atom is 0.264 e. The summed E-state index contributed by atoms with van der Waals surface area (Å²) >= 11 is 0. The van der Waals surface area contributed by atoms with Gasteiger partial charge in [0.05, 0.1) is 10.6 Å². The van der Waals surface area contributed by atoms with Gasteiger partial charge in [-0.2, -0.15) is 0 Å². The number of nitrogens with one attached hydrogen (secondary N) is 1. The molecule has 240 valence electrons. The maximum atomic E-state index is 14.6. The van der Waals surface area contributed by atoms with Gasteiger partial charge in [-0.25, -0.2) is 8.42 Å². The number of anilines is 1. The van der Waals surface area contributed by atoms with E-state index in [1.807, 2.05) is 80.6 Å². The SMILES string of the molecule is Cc1ccc(N(CC(=O)N(Cc2ccccc2)[C@@H](Cc2ccccc2)C(=O)NC2CCCCC2)S(=O)(=O)c2ccccc2)cc1C. The van der Waals surface area contributed by atoms with Crippen LogP contribution in [0.3, 0.4) is 0 Å². The molecule has 1 N–H and O–H groups in total. The third-order valence-corrected chi connectivity index (χ3v) is 10.6. The Morgan fingerprint density at radius 3 is 1.96 bits per heavy atom. The highest BCUT2D eigenvalue weighted by atomic mass is 32.2. The summed E-state index contributed by atoms with van der Waals surface area (Å²) in [5.74, 6) is -0.676. The first-order valence-corrected chi connectivity index (χ1v) is 17.5. The van der Waals surface area contributed by atoms with Crippen molar-refractivity contribution < 1.29 is 18.0 Å². The van der Waals surface area contributed by atoms with E-state index in [0.717, 1.165) is 54.4 Å². The van der Waals surface area contributed by atoms with Crippen molar-refractivity contribution in [2.45, 2.75) is 75.9 Å². The van der Waals surface area contributed by atoms with Gasteiger partial charge < -0.3 is 10.2 Å². The van der Waals surface area contributed by atoms with Crippen molar-refractivity contribution in [3.05, 3.63) is 131 Å². The molecule has 4 aromatic rings. The molecule has 0 heterocycles. The van der Waals surface area contributed by atoms with Gasteiger partial charge in [-0.05, 0) is 73.2 Å². The molecule has 0 aliphatic heterocycles. The number of carbonyl (C=O) groups is 2. The molecule has 0 radical (unpaired) electrons. The molecule has 0 aromatic heterocycles. The van der Waals surface area contributed by atoms with Crippen LogP contribution >= 0.6 is 0 Å². The molecular formula is C38H43N3O4S. The van der Waals surface area contributed by atoms with Gasteiger partial charge in [0.1, 0.15) is 12.6 Å². The highest BCUT2D eigenvalue weighted by molar-refractivity contribution is 7.92. The summed E-state index contributed by atoms with van der Waals surface area (Å²) in [6.07, 6.45) is 5.39. The van der Waals surface area contributed by atoms with Gasteiger partial charge in [0.2, 0.25) is 11.8 Å². The first-order valence-electron chi connectivity index (χ1n) is 16.0. The number of rotatable bonds is 12. The van der Waals surface area contributed by atoms with Crippen LogP contribution in [-0.4, -0.2) is 43.8 Å². The molecule has 0 unspecified atom stereocenters. The highest BCUT2D eigenvalue weighted by Gasteiger charge is 2.35. The molecule has 0 spiro atoms. The standard InChI is InChI=1S/C38H43N3O4S/c1-29-23-24-34(25-30(29)2)41(46(44,45)35-21-13-6-14-22-35)28-37(42)40(27-32-17-9-4-10-18-32)36(26-31-15-7-3-8-16-31)38(43)39-33-19-11-5-12-20-33/h3-4,6-10,13-18,21-25,33,36H,5,11-12,19-20,26-28H2,1-2H3,(H,39,43)/t36-/m0/s1. The van der Waals surface area contributed by atoms with Gasteiger partial charge in [-0.1, -0.05) is 104 Å². The van der Waals surface area contributed by atoms with Crippen LogP contribution in [0, 0.1) is 13.8 Å². The Morgan fingerprint density at radius 1 is 0.761 bits per heavy atom. The van der Waals surface area contributed by atoms with Gasteiger partial charge in [0.25, 0.3) is 10.0 Å². The van der Waals surface area contributed by atoms with Crippen molar-refractivity contribution in [2.75, 3.05) is 10.8 Å². The van der Waals surface area contributed by atoms with Crippen molar-refractivity contribution >= 4 is 27.5 Å². The van der Waals surface area contributed by atoms with E-state index >= 15 is 0 Å². The number of benzene rings is 4. The molecule has 46 heavy (non-hydrogen) atoms. The number of hydrogen-bond acceptors (Lipinski definition) is 4. The highest BCUT2D eigenvalue weighted by Crippen LogP contribution is 2.27. The van der Waals surface area contributed by atoms with E-state index in [9.17, 15) is 18.0 Å². The maximum absolute atomic E-state index is 14.6. The quantitative estimate of drug-likeness (QED) is 0.190. The second kappa shape index (κ2) is 15.2. The van der Waals surface area contributed by atoms with Gasteiger partial charge in [0.15, 0.2) is 0 Å². The first-order chi connectivity index (χ1) is 22.2. The Labute approximate surface area is 273 Å². The number of carbonyl (C=O) groups excluding carboxylic acids is 2. The molecule has 2 amide bonds.